The highest BCUT2D eigenvalue weighted by Gasteiger charge is 2.08. The Balaban J connectivity index is -0.000000236. The van der Waals surface area contributed by atoms with Crippen LogP contribution in [-0.2, 0) is 14.3 Å². The quantitative estimate of drug-likeness (QED) is 0.714. The molecule has 17 heavy (non-hydrogen) atoms. The molecule has 5 heteroatoms. The number of Topliss-reactive ketones (excluding diaryl/α,β-unsaturated/α-hetero) is 1. The summed E-state index contributed by atoms with van der Waals surface area (Å²) in [5, 5.41) is 0. The summed E-state index contributed by atoms with van der Waals surface area (Å²) in [7, 11) is 0. The molecule has 0 saturated heterocycles. The van der Waals surface area contributed by atoms with E-state index in [0.717, 1.165) is 6.54 Å². The third-order valence-corrected chi connectivity index (χ3v) is 1.35. The molecule has 0 fully saturated rings. The molecule has 0 heterocycles. The van der Waals surface area contributed by atoms with E-state index < -0.39 is 12.0 Å². The molecule has 0 amide bonds. The Bertz CT molecular complexity index is 181. The molecule has 0 aliphatic heterocycles. The molecule has 0 aromatic carbocycles. The van der Waals surface area contributed by atoms with E-state index in [0.29, 0.717) is 0 Å². The summed E-state index contributed by atoms with van der Waals surface area (Å²) < 4.78 is 4.45. The summed E-state index contributed by atoms with van der Waals surface area (Å²) in [6.45, 7) is 9.64. The molecule has 1 unspecified atom stereocenters. The van der Waals surface area contributed by atoms with Crippen molar-refractivity contribution in [3.05, 3.63) is 0 Å². The van der Waals surface area contributed by atoms with Gasteiger partial charge in [0.2, 0.25) is 0 Å². The molecule has 104 valence electrons. The van der Waals surface area contributed by atoms with Gasteiger partial charge in [0.15, 0.2) is 5.78 Å². The smallest absolute Gasteiger partial charge is 0.323 e. The van der Waals surface area contributed by atoms with Gasteiger partial charge in [-0.15, -0.1) is 0 Å². The Morgan fingerprint density at radius 2 is 1.76 bits per heavy atom. The van der Waals surface area contributed by atoms with Crippen LogP contribution in [0.3, 0.4) is 0 Å². The van der Waals surface area contributed by atoms with Crippen LogP contribution in [-0.4, -0.2) is 30.9 Å². The van der Waals surface area contributed by atoms with Crippen molar-refractivity contribution in [1.29, 1.82) is 0 Å². The van der Waals surface area contributed by atoms with Gasteiger partial charge in [-0.05, 0) is 26.8 Å². The van der Waals surface area contributed by atoms with Crippen molar-refractivity contribution >= 4 is 11.8 Å². The van der Waals surface area contributed by atoms with E-state index in [1.165, 1.54) is 26.7 Å². The lowest BCUT2D eigenvalue weighted by Gasteiger charge is -2.03. The second-order valence-corrected chi connectivity index (χ2v) is 3.24. The number of hydrogen-bond acceptors (Lipinski definition) is 5. The predicted octanol–water partition coefficient (Wildman–Crippen LogP) is 1.24. The third kappa shape index (κ3) is 25.4. The van der Waals surface area contributed by atoms with Crippen LogP contribution >= 0.6 is 0 Å². The molecule has 0 rings (SSSR count). The van der Waals surface area contributed by atoms with Crippen LogP contribution < -0.4 is 11.5 Å². The van der Waals surface area contributed by atoms with Crippen molar-refractivity contribution in [2.45, 2.75) is 53.5 Å². The number of carbonyl (C=O) groups is 2. The van der Waals surface area contributed by atoms with Gasteiger partial charge >= 0.3 is 5.97 Å². The minimum Gasteiger partial charge on any atom is -0.457 e. The normalized spacial score (nSPS) is 10.1. The number of hydrogen-bond donors (Lipinski definition) is 2. The molecule has 0 radical (unpaired) electrons. The van der Waals surface area contributed by atoms with Crippen LogP contribution in [0.25, 0.3) is 0 Å². The van der Waals surface area contributed by atoms with E-state index in [1.807, 2.05) is 13.8 Å². The van der Waals surface area contributed by atoms with Crippen molar-refractivity contribution < 1.29 is 14.3 Å². The molecule has 1 atom stereocenters. The van der Waals surface area contributed by atoms with Crippen molar-refractivity contribution in [2.75, 3.05) is 13.2 Å². The monoisotopic (exact) mass is 248 g/mol. The summed E-state index contributed by atoms with van der Waals surface area (Å²) in [6, 6.07) is -0.653. The van der Waals surface area contributed by atoms with Crippen molar-refractivity contribution in [2.24, 2.45) is 11.5 Å². The minimum atomic E-state index is -0.653. The molecule has 0 aliphatic carbocycles. The van der Waals surface area contributed by atoms with Crippen LogP contribution in [0.4, 0.5) is 0 Å². The number of ketones is 1. The van der Waals surface area contributed by atoms with Gasteiger partial charge in [-0.25, -0.2) is 0 Å². The molecule has 0 aromatic heterocycles. The minimum absolute atomic E-state index is 0.180. The van der Waals surface area contributed by atoms with E-state index in [4.69, 9.17) is 11.5 Å². The highest BCUT2D eigenvalue weighted by molar-refractivity contribution is 5.81. The topological polar surface area (TPSA) is 95.4 Å². The first-order valence-corrected chi connectivity index (χ1v) is 6.07. The van der Waals surface area contributed by atoms with E-state index in [9.17, 15) is 9.59 Å². The van der Waals surface area contributed by atoms with Gasteiger partial charge in [0.25, 0.3) is 0 Å². The van der Waals surface area contributed by atoms with Crippen LogP contribution in [0.5, 0.6) is 0 Å². The van der Waals surface area contributed by atoms with Gasteiger partial charge < -0.3 is 16.2 Å². The predicted molar refractivity (Wildman–Crippen MR) is 70.6 cm³/mol. The van der Waals surface area contributed by atoms with Gasteiger partial charge in [0.1, 0.15) is 12.6 Å². The van der Waals surface area contributed by atoms with E-state index in [1.54, 1.807) is 0 Å². The van der Waals surface area contributed by atoms with Crippen molar-refractivity contribution in [3.63, 3.8) is 0 Å². The Kier molecular flexibility index (Phi) is 21.9. The zero-order valence-electron chi connectivity index (χ0n) is 11.8. The molecule has 0 aliphatic rings. The first-order chi connectivity index (χ1) is 7.95. The SMILES string of the molecule is CC.CC(=O)COC(=O)C(C)N.CCCCN. The maximum absolute atomic E-state index is 10.5. The largest absolute Gasteiger partial charge is 0.457 e. The molecular weight excluding hydrogens is 220 g/mol. The summed E-state index contributed by atoms with van der Waals surface area (Å²) in [6.07, 6.45) is 2.39. The van der Waals surface area contributed by atoms with Crippen molar-refractivity contribution in [1.82, 2.24) is 0 Å². The first kappa shape index (κ1) is 21.4. The lowest BCUT2D eigenvalue weighted by atomic mass is 10.3. The highest BCUT2D eigenvalue weighted by atomic mass is 16.5. The van der Waals surface area contributed by atoms with Gasteiger partial charge in [0, 0.05) is 0 Å². The lowest BCUT2D eigenvalue weighted by Crippen LogP contribution is -2.29. The molecule has 5 nitrogen and oxygen atoms in total. The molecular formula is C12H28N2O3. The Morgan fingerprint density at radius 1 is 1.29 bits per heavy atom. The number of nitrogens with two attached hydrogens (primary N) is 2. The second-order valence-electron chi connectivity index (χ2n) is 3.24. The summed E-state index contributed by atoms with van der Waals surface area (Å²) in [4.78, 5) is 20.8. The third-order valence-electron chi connectivity index (χ3n) is 1.35. The molecule has 0 aromatic rings. The maximum atomic E-state index is 10.5. The Morgan fingerprint density at radius 3 is 1.94 bits per heavy atom. The van der Waals surface area contributed by atoms with Gasteiger partial charge in [-0.1, -0.05) is 27.2 Å². The van der Waals surface area contributed by atoms with Gasteiger partial charge in [-0.2, -0.15) is 0 Å². The van der Waals surface area contributed by atoms with Crippen LogP contribution in [0.1, 0.15) is 47.5 Å². The number of esters is 1. The standard InChI is InChI=1S/C6H11NO3.C4H11N.C2H6/c1-4(8)3-10-6(9)5(2)7;1-2-3-4-5;1-2/h5H,3,7H2,1-2H3;2-5H2,1H3;1-2H3. The van der Waals surface area contributed by atoms with Gasteiger partial charge in [0.05, 0.1) is 0 Å². The number of unbranched alkanes of at least 4 members (excludes halogenated alkanes) is 1. The van der Waals surface area contributed by atoms with E-state index in [-0.39, 0.29) is 12.4 Å². The Labute approximate surface area is 105 Å². The number of ether oxygens (including phenoxy) is 1. The first-order valence-electron chi connectivity index (χ1n) is 6.07. The molecule has 4 N–H and O–H groups in total. The second kappa shape index (κ2) is 17.5. The summed E-state index contributed by atoms with van der Waals surface area (Å²) in [5.41, 5.74) is 10.3. The molecule has 0 bridgehead atoms. The number of rotatable bonds is 5. The zero-order chi connectivity index (χ0) is 14.3. The zero-order valence-corrected chi connectivity index (χ0v) is 11.8. The molecule has 0 spiro atoms. The van der Waals surface area contributed by atoms with Crippen LogP contribution in [0.15, 0.2) is 0 Å². The highest BCUT2D eigenvalue weighted by Crippen LogP contribution is 1.83. The fourth-order valence-corrected chi connectivity index (χ4v) is 0.508. The number of carbonyl (C=O) groups excluding carboxylic acids is 2. The fourth-order valence-electron chi connectivity index (χ4n) is 0.508. The fraction of sp³-hybridized carbons (Fsp3) is 0.833. The average molecular weight is 248 g/mol. The molecule has 0 saturated carbocycles. The van der Waals surface area contributed by atoms with Crippen molar-refractivity contribution in [3.8, 4) is 0 Å². The maximum Gasteiger partial charge on any atom is 0.323 e. The van der Waals surface area contributed by atoms with Crippen LogP contribution in [0.2, 0.25) is 0 Å². The summed E-state index contributed by atoms with van der Waals surface area (Å²) in [5.74, 6) is -0.732. The Hall–Kier alpha value is -0.940. The van der Waals surface area contributed by atoms with Gasteiger partial charge in [-0.3, -0.25) is 9.59 Å². The van der Waals surface area contributed by atoms with E-state index in [2.05, 4.69) is 11.7 Å². The summed E-state index contributed by atoms with van der Waals surface area (Å²) >= 11 is 0. The average Bonchev–Trinajstić information content (AvgIpc) is 2.30. The lowest BCUT2D eigenvalue weighted by molar-refractivity contribution is -0.148. The van der Waals surface area contributed by atoms with E-state index >= 15 is 0 Å². The van der Waals surface area contributed by atoms with Crippen LogP contribution in [0, 0.1) is 0 Å².